The Kier molecular flexibility index (Phi) is 7.67. The summed E-state index contributed by atoms with van der Waals surface area (Å²) in [5.74, 6) is 0.202. The Hall–Kier alpha value is -5.12. The molecular weight excluding hydrogens is 640 g/mol. The number of aromatic nitrogens is 2. The number of hydrogen-bond acceptors (Lipinski definition) is 6. The smallest absolute Gasteiger partial charge is 0.277 e. The predicted octanol–water partition coefficient (Wildman–Crippen LogP) is 5.46. The summed E-state index contributed by atoms with van der Waals surface area (Å²) in [6, 6.07) is 16.0. The molecule has 7 aliphatic heterocycles. The van der Waals surface area contributed by atoms with Crippen LogP contribution in [0.25, 0.3) is 33.0 Å². The van der Waals surface area contributed by atoms with Gasteiger partial charge in [0.25, 0.3) is 23.6 Å². The summed E-state index contributed by atoms with van der Waals surface area (Å²) in [5, 5.41) is 1.88. The molecule has 262 valence electrons. The molecule has 10 nitrogen and oxygen atoms in total. The largest absolute Gasteiger partial charge is 0.366 e. The maximum Gasteiger partial charge on any atom is 0.277 e. The molecule has 4 bridgehead atoms. The average Bonchev–Trinajstić information content (AvgIpc) is 3.83. The molecular formula is C41H44N6O4. The Morgan fingerprint density at radius 2 is 0.922 bits per heavy atom. The molecule has 2 fully saturated rings. The molecule has 2 aromatic heterocycles. The molecule has 0 aliphatic carbocycles. The van der Waals surface area contributed by atoms with E-state index in [-0.39, 0.29) is 23.6 Å². The number of likely N-dealkylation sites (N-methyl/N-ethyl adjacent to an activating group) is 2. The van der Waals surface area contributed by atoms with Crippen LogP contribution in [0.3, 0.4) is 0 Å². The first kappa shape index (κ1) is 31.8. The topological polar surface area (TPSA) is 113 Å². The first-order valence-corrected chi connectivity index (χ1v) is 18.6. The number of nitrogens with zero attached hydrogens (tertiary/aromatic N) is 4. The zero-order chi connectivity index (χ0) is 35.0. The number of para-hydroxylation sites is 2. The highest BCUT2D eigenvalue weighted by Crippen LogP contribution is 2.42. The molecule has 2 aromatic carbocycles. The Bertz CT molecular complexity index is 2030. The lowest BCUT2D eigenvalue weighted by Gasteiger charge is -2.36. The zero-order valence-electron chi connectivity index (χ0n) is 29.4. The minimum Gasteiger partial charge on any atom is -0.366 e. The number of H-pyrrole nitrogens is 2. The molecule has 51 heavy (non-hydrogen) atoms. The highest BCUT2D eigenvalue weighted by atomic mass is 16.2. The lowest BCUT2D eigenvalue weighted by Crippen LogP contribution is -2.38. The molecule has 4 aromatic rings. The Morgan fingerprint density at radius 1 is 0.529 bits per heavy atom. The van der Waals surface area contributed by atoms with Gasteiger partial charge in [-0.2, -0.15) is 0 Å². The zero-order valence-corrected chi connectivity index (χ0v) is 29.4. The number of aryl methyl sites for hydroxylation is 2. The van der Waals surface area contributed by atoms with Gasteiger partial charge in [0.15, 0.2) is 0 Å². The van der Waals surface area contributed by atoms with Crippen molar-refractivity contribution in [2.45, 2.75) is 57.8 Å². The van der Waals surface area contributed by atoms with Gasteiger partial charge in [-0.25, -0.2) is 0 Å². The maximum absolute atomic E-state index is 14.0. The minimum atomic E-state index is -0.252. The molecule has 0 spiro atoms. The van der Waals surface area contributed by atoms with E-state index in [2.05, 4.69) is 19.8 Å². The number of aromatic amines is 2. The van der Waals surface area contributed by atoms with Gasteiger partial charge in [0, 0.05) is 84.6 Å². The van der Waals surface area contributed by atoms with Crippen LogP contribution in [0.15, 0.2) is 59.9 Å². The van der Waals surface area contributed by atoms with Crippen LogP contribution in [0.2, 0.25) is 0 Å². The van der Waals surface area contributed by atoms with Gasteiger partial charge in [-0.1, -0.05) is 49.2 Å². The highest BCUT2D eigenvalue weighted by molar-refractivity contribution is 6.38. The minimum absolute atomic E-state index is 0.220. The van der Waals surface area contributed by atoms with Crippen LogP contribution in [0.5, 0.6) is 0 Å². The van der Waals surface area contributed by atoms with E-state index in [9.17, 15) is 19.2 Å². The number of imide groups is 2. The van der Waals surface area contributed by atoms with E-state index in [1.807, 2.05) is 48.5 Å². The summed E-state index contributed by atoms with van der Waals surface area (Å²) in [6.45, 7) is 3.04. The van der Waals surface area contributed by atoms with Gasteiger partial charge in [0.2, 0.25) is 0 Å². The van der Waals surface area contributed by atoms with Gasteiger partial charge in [0.1, 0.15) is 11.4 Å². The molecule has 0 unspecified atom stereocenters. The quantitative estimate of drug-likeness (QED) is 0.238. The first-order chi connectivity index (χ1) is 24.8. The van der Waals surface area contributed by atoms with Gasteiger partial charge in [-0.05, 0) is 68.9 Å². The normalized spacial score (nSPS) is 23.5. The van der Waals surface area contributed by atoms with Gasteiger partial charge < -0.3 is 19.8 Å². The van der Waals surface area contributed by atoms with E-state index in [0.717, 1.165) is 109 Å². The number of carbonyl (C=O) groups excluding carboxylic acids is 4. The molecule has 11 rings (SSSR count). The fourth-order valence-corrected chi connectivity index (χ4v) is 9.44. The second-order valence-electron chi connectivity index (χ2n) is 15.1. The summed E-state index contributed by atoms with van der Waals surface area (Å²) >= 11 is 0. The number of nitrogens with one attached hydrogen (secondary N) is 2. The second-order valence-corrected chi connectivity index (χ2v) is 15.1. The van der Waals surface area contributed by atoms with Gasteiger partial charge in [-0.15, -0.1) is 0 Å². The number of piperidine rings is 2. The van der Waals surface area contributed by atoms with Gasteiger partial charge in [-0.3, -0.25) is 29.0 Å². The van der Waals surface area contributed by atoms with Crippen molar-refractivity contribution in [3.63, 3.8) is 0 Å². The van der Waals surface area contributed by atoms with Crippen LogP contribution in [-0.2, 0) is 32.0 Å². The molecule has 9 heterocycles. The van der Waals surface area contributed by atoms with Crippen molar-refractivity contribution < 1.29 is 19.2 Å². The molecule has 0 atom stereocenters. The van der Waals surface area contributed by atoms with E-state index < -0.39 is 0 Å². The van der Waals surface area contributed by atoms with Crippen molar-refractivity contribution >= 4 is 56.6 Å². The molecule has 2 saturated heterocycles. The van der Waals surface area contributed by atoms with E-state index in [4.69, 9.17) is 0 Å². The van der Waals surface area contributed by atoms with Crippen molar-refractivity contribution in [2.24, 2.45) is 11.8 Å². The van der Waals surface area contributed by atoms with Crippen LogP contribution in [0.4, 0.5) is 0 Å². The van der Waals surface area contributed by atoms with E-state index in [1.165, 1.54) is 9.80 Å². The average molecular weight is 685 g/mol. The Balaban J connectivity index is 1.18. The van der Waals surface area contributed by atoms with Crippen LogP contribution < -0.4 is 0 Å². The van der Waals surface area contributed by atoms with Crippen molar-refractivity contribution in [2.75, 3.05) is 40.3 Å². The van der Waals surface area contributed by atoms with Crippen molar-refractivity contribution in [1.29, 1.82) is 0 Å². The SMILES string of the molecule is CN1C(=O)C2=C(C1=O)N1CCC(CCC3CCN(CC3)C3=C(C(=O)N(C)C3=O)c3c([nH]c4ccccc34)CCCc3[nH]c4ccccc4c32)CC1. The van der Waals surface area contributed by atoms with Gasteiger partial charge >= 0.3 is 0 Å². The fourth-order valence-electron chi connectivity index (χ4n) is 9.44. The Labute approximate surface area is 297 Å². The number of amides is 4. The Morgan fingerprint density at radius 3 is 1.33 bits per heavy atom. The number of carbonyl (C=O) groups is 4. The maximum atomic E-state index is 14.0. The third-order valence-corrected chi connectivity index (χ3v) is 12.3. The summed E-state index contributed by atoms with van der Waals surface area (Å²) in [5.41, 5.74) is 7.44. The van der Waals surface area contributed by atoms with E-state index in [1.54, 1.807) is 14.1 Å². The first-order valence-electron chi connectivity index (χ1n) is 18.6. The molecule has 0 saturated carbocycles. The number of fused-ring (bicyclic) bond motifs is 4. The summed E-state index contributed by atoms with van der Waals surface area (Å²) in [7, 11) is 3.20. The van der Waals surface area contributed by atoms with E-state index >= 15 is 0 Å². The lowest BCUT2D eigenvalue weighted by atomic mass is 9.84. The monoisotopic (exact) mass is 684 g/mol. The van der Waals surface area contributed by atoms with Crippen LogP contribution in [-0.4, -0.2) is 93.5 Å². The molecule has 0 radical (unpaired) electrons. The lowest BCUT2D eigenvalue weighted by molar-refractivity contribution is -0.137. The molecule has 2 N–H and O–H groups in total. The second kappa shape index (κ2) is 12.3. The highest BCUT2D eigenvalue weighted by Gasteiger charge is 2.44. The summed E-state index contributed by atoms with van der Waals surface area (Å²) < 4.78 is 0. The van der Waals surface area contributed by atoms with E-state index in [0.29, 0.717) is 53.6 Å². The third-order valence-electron chi connectivity index (χ3n) is 12.3. The molecule has 7 aliphatic rings. The van der Waals surface area contributed by atoms with Crippen LogP contribution in [0.1, 0.15) is 67.5 Å². The predicted molar refractivity (Wildman–Crippen MR) is 196 cm³/mol. The van der Waals surface area contributed by atoms with Crippen molar-refractivity contribution in [3.8, 4) is 0 Å². The third kappa shape index (κ3) is 5.05. The van der Waals surface area contributed by atoms with Crippen molar-refractivity contribution in [1.82, 2.24) is 29.6 Å². The number of hydrogen-bond donors (Lipinski definition) is 2. The number of benzene rings is 2. The number of rotatable bonds is 0. The molecule has 10 heteroatoms. The summed E-state index contributed by atoms with van der Waals surface area (Å²) in [6.07, 6.45) is 8.19. The molecule has 4 amide bonds. The summed E-state index contributed by atoms with van der Waals surface area (Å²) in [4.78, 5) is 69.9. The van der Waals surface area contributed by atoms with Gasteiger partial charge in [0.05, 0.1) is 11.1 Å². The van der Waals surface area contributed by atoms with Crippen molar-refractivity contribution in [3.05, 3.63) is 82.4 Å². The standard InChI is InChI=1S/C41H44N6O4/c1-44-38(48)34-32-26-8-3-5-10-28(26)42-30(32)12-7-13-31-33(27-9-4-6-11-29(27)43-31)35-37(41(51)45(2)39(35)49)47-22-18-25(19-23-47)15-14-24-16-20-46(21-17-24)36(34)40(44)50/h3-6,8-11,24-25,42-43H,7,12-23H2,1-2H3. The van der Waals surface area contributed by atoms with Crippen LogP contribution in [0, 0.1) is 11.8 Å². The van der Waals surface area contributed by atoms with Crippen LogP contribution >= 0.6 is 0 Å². The fraction of sp³-hybridized carbons (Fsp3) is 0.415.